The lowest BCUT2D eigenvalue weighted by molar-refractivity contribution is 0.193. The first-order chi connectivity index (χ1) is 10.3. The number of aromatic nitrogens is 1. The van der Waals surface area contributed by atoms with E-state index in [1.165, 1.54) is 44.5 Å². The summed E-state index contributed by atoms with van der Waals surface area (Å²) in [6, 6.07) is 9.40. The Morgan fingerprint density at radius 3 is 3.05 bits per heavy atom. The number of pyridine rings is 1. The summed E-state index contributed by atoms with van der Waals surface area (Å²) in [6.45, 7) is 2.50. The molecule has 110 valence electrons. The van der Waals surface area contributed by atoms with Gasteiger partial charge in [0.25, 0.3) is 0 Å². The van der Waals surface area contributed by atoms with E-state index in [1.807, 2.05) is 12.1 Å². The lowest BCUT2D eigenvalue weighted by atomic mass is 9.98. The first-order valence-corrected chi connectivity index (χ1v) is 7.97. The van der Waals surface area contributed by atoms with Crippen LogP contribution < -0.4 is 11.1 Å². The van der Waals surface area contributed by atoms with Gasteiger partial charge in [-0.2, -0.15) is 0 Å². The topological polar surface area (TPSA) is 54.2 Å². The van der Waals surface area contributed by atoms with Crippen molar-refractivity contribution in [3.63, 3.8) is 0 Å². The fraction of sp³-hybridized carbons (Fsp3) is 0.471. The molecule has 3 N–H and O–H groups in total. The Bertz CT molecular complexity index is 654. The highest BCUT2D eigenvalue weighted by molar-refractivity contribution is 5.98. The molecule has 1 aromatic heterocycles. The maximum Gasteiger partial charge on any atom is 0.0951 e. The van der Waals surface area contributed by atoms with E-state index in [0.717, 1.165) is 16.6 Å². The van der Waals surface area contributed by atoms with Gasteiger partial charge in [0, 0.05) is 35.9 Å². The van der Waals surface area contributed by atoms with Crippen molar-refractivity contribution in [1.82, 2.24) is 9.88 Å². The molecule has 4 heteroatoms. The van der Waals surface area contributed by atoms with Crippen molar-refractivity contribution in [2.75, 3.05) is 24.1 Å². The Labute approximate surface area is 125 Å². The van der Waals surface area contributed by atoms with Gasteiger partial charge in [0.1, 0.15) is 0 Å². The molecule has 4 rings (SSSR count). The minimum atomic E-state index is 0.553. The van der Waals surface area contributed by atoms with E-state index in [2.05, 4.69) is 27.3 Å². The van der Waals surface area contributed by atoms with Crippen LogP contribution in [0.1, 0.15) is 25.7 Å². The summed E-state index contributed by atoms with van der Waals surface area (Å²) in [5.74, 6) is 0. The van der Waals surface area contributed by atoms with E-state index in [9.17, 15) is 0 Å². The molecule has 2 saturated heterocycles. The molecular formula is C17H22N4. The van der Waals surface area contributed by atoms with Crippen molar-refractivity contribution < 1.29 is 0 Å². The lowest BCUT2D eigenvalue weighted by Gasteiger charge is -2.33. The average Bonchev–Trinajstić information content (AvgIpc) is 2.94. The molecule has 2 aromatic rings. The predicted octanol–water partition coefficient (Wildman–Crippen LogP) is 2.86. The van der Waals surface area contributed by atoms with Crippen LogP contribution in [0.3, 0.4) is 0 Å². The third-order valence-electron chi connectivity index (χ3n) is 5.00. The zero-order valence-electron chi connectivity index (χ0n) is 12.3. The second-order valence-electron chi connectivity index (χ2n) is 6.24. The highest BCUT2D eigenvalue weighted by Gasteiger charge is 2.35. The fourth-order valence-corrected chi connectivity index (χ4v) is 3.94. The summed E-state index contributed by atoms with van der Waals surface area (Å²) in [7, 11) is 0. The van der Waals surface area contributed by atoms with Crippen molar-refractivity contribution in [2.24, 2.45) is 0 Å². The molecule has 21 heavy (non-hydrogen) atoms. The van der Waals surface area contributed by atoms with Crippen LogP contribution in [0, 0.1) is 0 Å². The molecule has 0 spiro atoms. The van der Waals surface area contributed by atoms with Crippen molar-refractivity contribution >= 4 is 22.3 Å². The molecule has 0 amide bonds. The van der Waals surface area contributed by atoms with E-state index in [4.69, 9.17) is 5.73 Å². The molecule has 0 aliphatic carbocycles. The standard InChI is InChI=1S/C17H22N4/c18-13-6-7-14(12-4-3-9-19-17(12)13)20-15-8-11-21-10-2-1-5-16(15)21/h3-4,6-7,9,15-16,20H,1-2,5,8,10-11,18H2. The lowest BCUT2D eigenvalue weighted by Crippen LogP contribution is -2.41. The quantitative estimate of drug-likeness (QED) is 0.832. The molecule has 0 saturated carbocycles. The van der Waals surface area contributed by atoms with Crippen LogP contribution in [-0.4, -0.2) is 35.1 Å². The van der Waals surface area contributed by atoms with Crippen LogP contribution in [-0.2, 0) is 0 Å². The number of nitrogen functional groups attached to an aromatic ring is 1. The number of nitrogens with zero attached hydrogens (tertiary/aromatic N) is 2. The van der Waals surface area contributed by atoms with Crippen LogP contribution in [0.15, 0.2) is 30.5 Å². The molecule has 2 fully saturated rings. The van der Waals surface area contributed by atoms with Gasteiger partial charge in [-0.3, -0.25) is 9.88 Å². The third kappa shape index (κ3) is 2.23. The van der Waals surface area contributed by atoms with Crippen LogP contribution in [0.4, 0.5) is 11.4 Å². The molecule has 1 aromatic carbocycles. The van der Waals surface area contributed by atoms with Crippen molar-refractivity contribution in [3.05, 3.63) is 30.5 Å². The minimum Gasteiger partial charge on any atom is -0.397 e. The normalized spacial score (nSPS) is 25.9. The number of nitrogens with one attached hydrogen (secondary N) is 1. The van der Waals surface area contributed by atoms with E-state index < -0.39 is 0 Å². The summed E-state index contributed by atoms with van der Waals surface area (Å²) >= 11 is 0. The smallest absolute Gasteiger partial charge is 0.0951 e. The molecule has 2 aliphatic rings. The number of hydrogen-bond donors (Lipinski definition) is 2. The molecule has 2 unspecified atom stereocenters. The van der Waals surface area contributed by atoms with Crippen LogP contribution >= 0.6 is 0 Å². The van der Waals surface area contributed by atoms with Gasteiger partial charge in [-0.25, -0.2) is 0 Å². The Hall–Kier alpha value is -1.81. The Morgan fingerprint density at radius 1 is 1.14 bits per heavy atom. The number of rotatable bonds is 2. The van der Waals surface area contributed by atoms with E-state index in [0.29, 0.717) is 12.1 Å². The summed E-state index contributed by atoms with van der Waals surface area (Å²) < 4.78 is 0. The summed E-state index contributed by atoms with van der Waals surface area (Å²) in [4.78, 5) is 7.07. The van der Waals surface area contributed by atoms with Gasteiger partial charge in [-0.15, -0.1) is 0 Å². The second-order valence-corrected chi connectivity index (χ2v) is 6.24. The maximum atomic E-state index is 6.04. The van der Waals surface area contributed by atoms with Crippen LogP contribution in [0.5, 0.6) is 0 Å². The van der Waals surface area contributed by atoms with Crippen molar-refractivity contribution in [3.8, 4) is 0 Å². The second kappa shape index (κ2) is 5.19. The Kier molecular flexibility index (Phi) is 3.19. The van der Waals surface area contributed by atoms with Gasteiger partial charge in [0.15, 0.2) is 0 Å². The molecule has 2 aliphatic heterocycles. The number of piperidine rings is 1. The zero-order valence-corrected chi connectivity index (χ0v) is 12.3. The number of nitrogens with two attached hydrogens (primary N) is 1. The van der Waals surface area contributed by atoms with E-state index in [1.54, 1.807) is 6.20 Å². The maximum absolute atomic E-state index is 6.04. The number of hydrogen-bond acceptors (Lipinski definition) is 4. The number of anilines is 2. The zero-order chi connectivity index (χ0) is 14.2. The summed E-state index contributed by atoms with van der Waals surface area (Å²) in [5.41, 5.74) is 8.87. The Balaban J connectivity index is 1.64. The van der Waals surface area contributed by atoms with E-state index in [-0.39, 0.29) is 0 Å². The molecule has 0 radical (unpaired) electrons. The molecular weight excluding hydrogens is 260 g/mol. The monoisotopic (exact) mass is 282 g/mol. The minimum absolute atomic E-state index is 0.553. The van der Waals surface area contributed by atoms with Crippen molar-refractivity contribution in [1.29, 1.82) is 0 Å². The highest BCUT2D eigenvalue weighted by Crippen LogP contribution is 2.32. The van der Waals surface area contributed by atoms with Crippen molar-refractivity contribution in [2.45, 2.75) is 37.8 Å². The van der Waals surface area contributed by atoms with Crippen LogP contribution in [0.25, 0.3) is 10.9 Å². The number of fused-ring (bicyclic) bond motifs is 2. The fourth-order valence-electron chi connectivity index (χ4n) is 3.94. The predicted molar refractivity (Wildman–Crippen MR) is 87.4 cm³/mol. The van der Waals surface area contributed by atoms with Gasteiger partial charge in [-0.1, -0.05) is 6.42 Å². The molecule has 0 bridgehead atoms. The summed E-state index contributed by atoms with van der Waals surface area (Å²) in [5, 5.41) is 4.90. The summed E-state index contributed by atoms with van der Waals surface area (Å²) in [6.07, 6.45) is 7.09. The number of benzene rings is 1. The van der Waals surface area contributed by atoms with Gasteiger partial charge in [0.2, 0.25) is 0 Å². The third-order valence-corrected chi connectivity index (χ3v) is 5.00. The highest BCUT2D eigenvalue weighted by atomic mass is 15.2. The van der Waals surface area contributed by atoms with Gasteiger partial charge < -0.3 is 11.1 Å². The molecule has 4 nitrogen and oxygen atoms in total. The SMILES string of the molecule is Nc1ccc(NC2CCN3CCCCC23)c2cccnc12. The van der Waals surface area contributed by atoms with E-state index >= 15 is 0 Å². The van der Waals surface area contributed by atoms with Crippen LogP contribution in [0.2, 0.25) is 0 Å². The Morgan fingerprint density at radius 2 is 2.10 bits per heavy atom. The van der Waals surface area contributed by atoms with Gasteiger partial charge in [-0.05, 0) is 50.1 Å². The first-order valence-electron chi connectivity index (χ1n) is 7.97. The van der Waals surface area contributed by atoms with Gasteiger partial charge >= 0.3 is 0 Å². The molecule has 3 heterocycles. The average molecular weight is 282 g/mol. The van der Waals surface area contributed by atoms with Gasteiger partial charge in [0.05, 0.1) is 11.2 Å². The first kappa shape index (κ1) is 12.9. The largest absolute Gasteiger partial charge is 0.397 e. The molecule has 2 atom stereocenters.